The Bertz CT molecular complexity index is 904. The maximum absolute atomic E-state index is 12.1. The fourth-order valence-corrected chi connectivity index (χ4v) is 3.45. The molecule has 1 aromatic heterocycles. The molecular formula is C20H19ClN2OS. The minimum Gasteiger partial charge on any atom is -0.302 e. The van der Waals surface area contributed by atoms with Crippen molar-refractivity contribution in [3.8, 4) is 11.3 Å². The third-order valence-corrected chi connectivity index (χ3v) is 5.08. The molecule has 3 rings (SSSR count). The number of carbonyl (C=O) groups is 1. The predicted molar refractivity (Wildman–Crippen MR) is 105 cm³/mol. The number of hydrogen-bond donors (Lipinski definition) is 1. The molecule has 0 saturated carbocycles. The highest BCUT2D eigenvalue weighted by molar-refractivity contribution is 7.14. The topological polar surface area (TPSA) is 42.0 Å². The number of benzene rings is 2. The smallest absolute Gasteiger partial charge is 0.226 e. The number of amides is 1. The summed E-state index contributed by atoms with van der Waals surface area (Å²) in [6.45, 7) is 4.18. The highest BCUT2D eigenvalue weighted by atomic mass is 35.5. The summed E-state index contributed by atoms with van der Waals surface area (Å²) in [6.07, 6.45) is 1.06. The summed E-state index contributed by atoms with van der Waals surface area (Å²) < 4.78 is 0. The first-order valence-corrected chi connectivity index (χ1v) is 9.34. The molecule has 128 valence electrons. The molecule has 3 nitrogen and oxygen atoms in total. The quantitative estimate of drug-likeness (QED) is 0.630. The Hall–Kier alpha value is -2.17. The van der Waals surface area contributed by atoms with Crippen LogP contribution in [0.5, 0.6) is 0 Å². The van der Waals surface area contributed by atoms with Gasteiger partial charge in [-0.15, -0.1) is 11.3 Å². The fourth-order valence-electron chi connectivity index (χ4n) is 2.50. The van der Waals surface area contributed by atoms with E-state index in [1.54, 1.807) is 0 Å². The molecule has 25 heavy (non-hydrogen) atoms. The number of carbonyl (C=O) groups excluding carboxylic acids is 1. The number of nitrogens with one attached hydrogen (secondary N) is 1. The van der Waals surface area contributed by atoms with Crippen LogP contribution in [0.2, 0.25) is 5.02 Å². The number of rotatable bonds is 5. The van der Waals surface area contributed by atoms with E-state index in [0.29, 0.717) is 23.0 Å². The number of aryl methyl sites for hydroxylation is 3. The van der Waals surface area contributed by atoms with Crippen molar-refractivity contribution in [3.63, 3.8) is 0 Å². The summed E-state index contributed by atoms with van der Waals surface area (Å²) in [7, 11) is 0. The molecule has 0 aliphatic rings. The van der Waals surface area contributed by atoms with Crippen LogP contribution >= 0.6 is 22.9 Å². The first kappa shape index (κ1) is 17.6. The van der Waals surface area contributed by atoms with E-state index in [4.69, 9.17) is 11.6 Å². The second kappa shape index (κ2) is 7.81. The number of nitrogens with zero attached hydrogens (tertiary/aromatic N) is 1. The van der Waals surface area contributed by atoms with Gasteiger partial charge in [0.15, 0.2) is 5.13 Å². The lowest BCUT2D eigenvalue weighted by Gasteiger charge is -2.03. The Kier molecular flexibility index (Phi) is 5.51. The number of thiazole rings is 1. The van der Waals surface area contributed by atoms with Crippen LogP contribution in [0.25, 0.3) is 11.3 Å². The Morgan fingerprint density at radius 2 is 2.00 bits per heavy atom. The van der Waals surface area contributed by atoms with E-state index in [9.17, 15) is 4.79 Å². The van der Waals surface area contributed by atoms with Crippen molar-refractivity contribution in [2.24, 2.45) is 0 Å². The maximum Gasteiger partial charge on any atom is 0.226 e. The van der Waals surface area contributed by atoms with Crippen molar-refractivity contribution in [1.29, 1.82) is 0 Å². The van der Waals surface area contributed by atoms with Gasteiger partial charge in [0.1, 0.15) is 0 Å². The van der Waals surface area contributed by atoms with Crippen LogP contribution in [0.1, 0.15) is 23.1 Å². The minimum absolute atomic E-state index is 0.0408. The first-order valence-electron chi connectivity index (χ1n) is 8.09. The van der Waals surface area contributed by atoms with Crippen LogP contribution in [0.4, 0.5) is 5.13 Å². The molecule has 0 saturated heterocycles. The van der Waals surface area contributed by atoms with Gasteiger partial charge in [-0.1, -0.05) is 35.9 Å². The standard InChI is InChI=1S/C20H19ClN2OS/c1-13-6-8-16(10-14(13)2)18-12-25-20(22-18)23-19(24)9-7-15-4-3-5-17(21)11-15/h3-6,8,10-12H,7,9H2,1-2H3,(H,22,23,24). The van der Waals surface area contributed by atoms with Gasteiger partial charge in [-0.25, -0.2) is 4.98 Å². The van der Waals surface area contributed by atoms with Gasteiger partial charge in [0.2, 0.25) is 5.91 Å². The van der Waals surface area contributed by atoms with E-state index >= 15 is 0 Å². The third-order valence-electron chi connectivity index (χ3n) is 4.08. The Labute approximate surface area is 156 Å². The molecule has 0 aliphatic carbocycles. The Morgan fingerprint density at radius 1 is 1.16 bits per heavy atom. The van der Waals surface area contributed by atoms with Crippen LogP contribution in [-0.2, 0) is 11.2 Å². The maximum atomic E-state index is 12.1. The monoisotopic (exact) mass is 370 g/mol. The lowest BCUT2D eigenvalue weighted by atomic mass is 10.1. The van der Waals surface area contributed by atoms with E-state index in [2.05, 4.69) is 42.3 Å². The van der Waals surface area contributed by atoms with Crippen molar-refractivity contribution in [3.05, 3.63) is 69.6 Å². The van der Waals surface area contributed by atoms with Gasteiger partial charge in [0, 0.05) is 22.4 Å². The van der Waals surface area contributed by atoms with Crippen LogP contribution in [0.15, 0.2) is 47.8 Å². The van der Waals surface area contributed by atoms with Gasteiger partial charge in [0.25, 0.3) is 0 Å². The molecule has 2 aromatic carbocycles. The number of aromatic nitrogens is 1. The van der Waals surface area contributed by atoms with Gasteiger partial charge in [-0.05, 0) is 55.2 Å². The average Bonchev–Trinajstić information content (AvgIpc) is 3.04. The van der Waals surface area contributed by atoms with Gasteiger partial charge >= 0.3 is 0 Å². The molecule has 0 unspecified atom stereocenters. The first-order chi connectivity index (χ1) is 12.0. The lowest BCUT2D eigenvalue weighted by Crippen LogP contribution is -2.12. The third kappa shape index (κ3) is 4.68. The zero-order chi connectivity index (χ0) is 17.8. The molecule has 0 radical (unpaired) electrons. The highest BCUT2D eigenvalue weighted by Crippen LogP contribution is 2.26. The Balaban J connectivity index is 1.60. The summed E-state index contributed by atoms with van der Waals surface area (Å²) in [6, 6.07) is 13.8. The normalized spacial score (nSPS) is 10.7. The fraction of sp³-hybridized carbons (Fsp3) is 0.200. The van der Waals surface area contributed by atoms with Crippen molar-refractivity contribution < 1.29 is 4.79 Å². The average molecular weight is 371 g/mol. The van der Waals surface area contributed by atoms with Crippen molar-refractivity contribution in [2.45, 2.75) is 26.7 Å². The number of halogens is 1. The van der Waals surface area contributed by atoms with E-state index in [0.717, 1.165) is 16.8 Å². The summed E-state index contributed by atoms with van der Waals surface area (Å²) in [4.78, 5) is 16.7. The van der Waals surface area contributed by atoms with Crippen molar-refractivity contribution >= 4 is 34.0 Å². The molecule has 5 heteroatoms. The zero-order valence-electron chi connectivity index (χ0n) is 14.2. The van der Waals surface area contributed by atoms with Crippen molar-refractivity contribution in [2.75, 3.05) is 5.32 Å². The molecule has 0 fully saturated rings. The number of hydrogen-bond acceptors (Lipinski definition) is 3. The second-order valence-electron chi connectivity index (χ2n) is 6.02. The van der Waals surface area contributed by atoms with Gasteiger partial charge in [-0.2, -0.15) is 0 Å². The molecule has 1 heterocycles. The van der Waals surface area contributed by atoms with E-state index in [-0.39, 0.29) is 5.91 Å². The van der Waals surface area contributed by atoms with Crippen LogP contribution in [0, 0.1) is 13.8 Å². The molecular weight excluding hydrogens is 352 g/mol. The molecule has 3 aromatic rings. The molecule has 0 aliphatic heterocycles. The number of anilines is 1. The van der Waals surface area contributed by atoms with Gasteiger partial charge in [0.05, 0.1) is 5.69 Å². The summed E-state index contributed by atoms with van der Waals surface area (Å²) >= 11 is 7.41. The molecule has 0 bridgehead atoms. The SMILES string of the molecule is Cc1ccc(-c2csc(NC(=O)CCc3cccc(Cl)c3)n2)cc1C. The summed E-state index contributed by atoms with van der Waals surface area (Å²) in [5.74, 6) is -0.0408. The van der Waals surface area contributed by atoms with E-state index < -0.39 is 0 Å². The highest BCUT2D eigenvalue weighted by Gasteiger charge is 2.09. The molecule has 0 spiro atoms. The van der Waals surface area contributed by atoms with E-state index in [1.165, 1.54) is 22.5 Å². The molecule has 1 amide bonds. The summed E-state index contributed by atoms with van der Waals surface area (Å²) in [5.41, 5.74) is 5.50. The van der Waals surface area contributed by atoms with Crippen LogP contribution < -0.4 is 5.32 Å². The van der Waals surface area contributed by atoms with Gasteiger partial charge in [-0.3, -0.25) is 4.79 Å². The molecule has 0 atom stereocenters. The molecule has 1 N–H and O–H groups in total. The summed E-state index contributed by atoms with van der Waals surface area (Å²) in [5, 5.41) is 6.17. The van der Waals surface area contributed by atoms with Crippen LogP contribution in [0.3, 0.4) is 0 Å². The van der Waals surface area contributed by atoms with Gasteiger partial charge < -0.3 is 5.32 Å². The largest absolute Gasteiger partial charge is 0.302 e. The van der Waals surface area contributed by atoms with E-state index in [1.807, 2.05) is 29.6 Å². The van der Waals surface area contributed by atoms with Crippen molar-refractivity contribution in [1.82, 2.24) is 4.98 Å². The van der Waals surface area contributed by atoms with Crippen LogP contribution in [-0.4, -0.2) is 10.9 Å². The second-order valence-corrected chi connectivity index (χ2v) is 7.31. The Morgan fingerprint density at radius 3 is 2.76 bits per heavy atom. The lowest BCUT2D eigenvalue weighted by molar-refractivity contribution is -0.116. The zero-order valence-corrected chi connectivity index (χ0v) is 15.7. The predicted octanol–water partition coefficient (Wildman–Crippen LogP) is 5.65. The minimum atomic E-state index is -0.0408.